The Morgan fingerprint density at radius 3 is 2.50 bits per heavy atom. The molecular weight excluding hydrogens is 364 g/mol. The van der Waals surface area contributed by atoms with Gasteiger partial charge in [0.2, 0.25) is 5.91 Å². The minimum absolute atomic E-state index is 0.0537. The third-order valence-electron chi connectivity index (χ3n) is 4.34. The van der Waals surface area contributed by atoms with E-state index in [-0.39, 0.29) is 5.91 Å². The molecule has 1 heterocycles. The quantitative estimate of drug-likeness (QED) is 0.816. The molecule has 1 amide bonds. The predicted octanol–water partition coefficient (Wildman–Crippen LogP) is 3.90. The topological polar surface area (TPSA) is 32.3 Å². The molecule has 1 aliphatic rings. The van der Waals surface area contributed by atoms with Gasteiger partial charge in [0.15, 0.2) is 0 Å². The summed E-state index contributed by atoms with van der Waals surface area (Å²) in [4.78, 5) is 14.6. The van der Waals surface area contributed by atoms with Gasteiger partial charge in [-0.15, -0.1) is 0 Å². The van der Waals surface area contributed by atoms with Crippen molar-refractivity contribution in [1.82, 2.24) is 10.2 Å². The van der Waals surface area contributed by atoms with E-state index < -0.39 is 0 Å². The summed E-state index contributed by atoms with van der Waals surface area (Å²) < 4.78 is 1.00. The Labute approximate surface area is 152 Å². The predicted molar refractivity (Wildman–Crippen MR) is 101 cm³/mol. The maximum absolute atomic E-state index is 12.1. The molecular formula is C20H23BrN2O. The number of hydrogen-bond acceptors (Lipinski definition) is 2. The summed E-state index contributed by atoms with van der Waals surface area (Å²) >= 11 is 3.44. The fourth-order valence-electron chi connectivity index (χ4n) is 3.13. The van der Waals surface area contributed by atoms with Crippen LogP contribution in [0.3, 0.4) is 0 Å². The Balaban J connectivity index is 1.51. The van der Waals surface area contributed by atoms with Crippen molar-refractivity contribution in [2.45, 2.75) is 32.4 Å². The summed E-state index contributed by atoms with van der Waals surface area (Å²) in [5, 5.41) is 3.02. The van der Waals surface area contributed by atoms with Crippen LogP contribution >= 0.6 is 15.9 Å². The number of carbonyl (C=O) groups excluding carboxylic acids is 1. The van der Waals surface area contributed by atoms with Gasteiger partial charge >= 0.3 is 0 Å². The van der Waals surface area contributed by atoms with Crippen molar-refractivity contribution < 1.29 is 4.79 Å². The average molecular weight is 387 g/mol. The largest absolute Gasteiger partial charge is 0.352 e. The van der Waals surface area contributed by atoms with Gasteiger partial charge in [0.1, 0.15) is 0 Å². The second kappa shape index (κ2) is 8.45. The van der Waals surface area contributed by atoms with Crippen LogP contribution < -0.4 is 5.32 Å². The number of amides is 1. The van der Waals surface area contributed by atoms with E-state index >= 15 is 0 Å². The highest BCUT2D eigenvalue weighted by Gasteiger charge is 2.11. The molecule has 0 unspecified atom stereocenters. The van der Waals surface area contributed by atoms with Gasteiger partial charge in [0, 0.05) is 17.6 Å². The molecule has 1 aliphatic heterocycles. The van der Waals surface area contributed by atoms with E-state index in [4.69, 9.17) is 0 Å². The van der Waals surface area contributed by atoms with Gasteiger partial charge < -0.3 is 5.32 Å². The Morgan fingerprint density at radius 2 is 1.71 bits per heavy atom. The Kier molecular flexibility index (Phi) is 6.05. The van der Waals surface area contributed by atoms with Crippen LogP contribution in [0.5, 0.6) is 0 Å². The zero-order valence-electron chi connectivity index (χ0n) is 13.8. The molecule has 1 saturated heterocycles. The molecule has 3 nitrogen and oxygen atoms in total. The minimum Gasteiger partial charge on any atom is -0.352 e. The Hall–Kier alpha value is -1.65. The van der Waals surface area contributed by atoms with Crippen molar-refractivity contribution in [2.75, 3.05) is 13.1 Å². The standard InChI is InChI=1S/C20H23BrN2O/c21-19-8-4-5-16(12-19)13-20(24)22-14-17-6-3-7-18(11-17)15-23-9-1-2-10-23/h3-8,11-12H,1-2,9-10,13-15H2,(H,22,24). The summed E-state index contributed by atoms with van der Waals surface area (Å²) in [7, 11) is 0. The number of carbonyl (C=O) groups is 1. The third kappa shape index (κ3) is 5.18. The molecule has 0 aromatic heterocycles. The van der Waals surface area contributed by atoms with Gasteiger partial charge in [-0.2, -0.15) is 0 Å². The van der Waals surface area contributed by atoms with Crippen molar-refractivity contribution in [3.8, 4) is 0 Å². The van der Waals surface area contributed by atoms with Crippen LogP contribution in [-0.4, -0.2) is 23.9 Å². The van der Waals surface area contributed by atoms with Crippen LogP contribution in [0.25, 0.3) is 0 Å². The molecule has 1 N–H and O–H groups in total. The maximum atomic E-state index is 12.1. The fourth-order valence-corrected chi connectivity index (χ4v) is 3.58. The number of rotatable bonds is 6. The lowest BCUT2D eigenvalue weighted by atomic mass is 10.1. The molecule has 0 bridgehead atoms. The number of halogens is 1. The lowest BCUT2D eigenvalue weighted by Crippen LogP contribution is -2.24. The van der Waals surface area contributed by atoms with Crippen LogP contribution in [0.2, 0.25) is 0 Å². The maximum Gasteiger partial charge on any atom is 0.224 e. The first kappa shape index (κ1) is 17.2. The molecule has 4 heteroatoms. The number of likely N-dealkylation sites (tertiary alicyclic amines) is 1. The van der Waals surface area contributed by atoms with Gasteiger partial charge in [-0.25, -0.2) is 0 Å². The van der Waals surface area contributed by atoms with Gasteiger partial charge in [-0.3, -0.25) is 9.69 Å². The van der Waals surface area contributed by atoms with Crippen LogP contribution in [0, 0.1) is 0 Å². The van der Waals surface area contributed by atoms with Crippen LogP contribution in [0.15, 0.2) is 53.0 Å². The zero-order valence-corrected chi connectivity index (χ0v) is 15.4. The average Bonchev–Trinajstić information content (AvgIpc) is 3.06. The van der Waals surface area contributed by atoms with Gasteiger partial charge in [-0.1, -0.05) is 52.3 Å². The molecule has 0 saturated carbocycles. The fraction of sp³-hybridized carbons (Fsp3) is 0.350. The second-order valence-electron chi connectivity index (χ2n) is 6.39. The summed E-state index contributed by atoms with van der Waals surface area (Å²) in [5.41, 5.74) is 3.51. The monoisotopic (exact) mass is 386 g/mol. The number of hydrogen-bond donors (Lipinski definition) is 1. The molecule has 24 heavy (non-hydrogen) atoms. The van der Waals surface area contributed by atoms with Gasteiger partial charge in [-0.05, 0) is 54.8 Å². The second-order valence-corrected chi connectivity index (χ2v) is 7.30. The summed E-state index contributed by atoms with van der Waals surface area (Å²) in [6.07, 6.45) is 3.03. The van der Waals surface area contributed by atoms with Crippen molar-refractivity contribution in [2.24, 2.45) is 0 Å². The zero-order chi connectivity index (χ0) is 16.8. The van der Waals surface area contributed by atoms with E-state index in [0.29, 0.717) is 13.0 Å². The van der Waals surface area contributed by atoms with Crippen LogP contribution in [0.1, 0.15) is 29.5 Å². The van der Waals surface area contributed by atoms with E-state index in [1.807, 2.05) is 24.3 Å². The number of benzene rings is 2. The highest BCUT2D eigenvalue weighted by molar-refractivity contribution is 9.10. The first-order valence-corrected chi connectivity index (χ1v) is 9.30. The molecule has 0 radical (unpaired) electrons. The molecule has 2 aromatic carbocycles. The molecule has 2 aromatic rings. The summed E-state index contributed by atoms with van der Waals surface area (Å²) in [6.45, 7) is 4.00. The molecule has 0 spiro atoms. The SMILES string of the molecule is O=C(Cc1cccc(Br)c1)NCc1cccc(CN2CCCC2)c1. The first-order chi connectivity index (χ1) is 11.7. The first-order valence-electron chi connectivity index (χ1n) is 8.50. The van der Waals surface area contributed by atoms with Gasteiger partial charge in [0.25, 0.3) is 0 Å². The minimum atomic E-state index is 0.0537. The van der Waals surface area contributed by atoms with E-state index in [2.05, 4.69) is 50.4 Å². The molecule has 1 fully saturated rings. The lowest BCUT2D eigenvalue weighted by Gasteiger charge is -2.15. The van der Waals surface area contributed by atoms with Gasteiger partial charge in [0.05, 0.1) is 6.42 Å². The van der Waals surface area contributed by atoms with Crippen molar-refractivity contribution >= 4 is 21.8 Å². The van der Waals surface area contributed by atoms with E-state index in [1.165, 1.54) is 31.5 Å². The normalized spacial score (nSPS) is 14.7. The lowest BCUT2D eigenvalue weighted by molar-refractivity contribution is -0.120. The Morgan fingerprint density at radius 1 is 1.00 bits per heavy atom. The van der Waals surface area contributed by atoms with Crippen molar-refractivity contribution in [3.05, 3.63) is 69.7 Å². The molecule has 3 rings (SSSR count). The number of nitrogens with one attached hydrogen (secondary N) is 1. The molecule has 0 aliphatic carbocycles. The highest BCUT2D eigenvalue weighted by atomic mass is 79.9. The highest BCUT2D eigenvalue weighted by Crippen LogP contribution is 2.14. The third-order valence-corrected chi connectivity index (χ3v) is 4.83. The molecule has 0 atom stereocenters. The Bertz CT molecular complexity index is 696. The van der Waals surface area contributed by atoms with Crippen molar-refractivity contribution in [3.63, 3.8) is 0 Å². The van der Waals surface area contributed by atoms with E-state index in [9.17, 15) is 4.79 Å². The molecule has 126 valence electrons. The smallest absolute Gasteiger partial charge is 0.224 e. The summed E-state index contributed by atoms with van der Waals surface area (Å²) in [5.74, 6) is 0.0537. The van der Waals surface area contributed by atoms with E-state index in [1.54, 1.807) is 0 Å². The summed E-state index contributed by atoms with van der Waals surface area (Å²) in [6, 6.07) is 16.4. The van der Waals surface area contributed by atoms with Crippen LogP contribution in [0.4, 0.5) is 0 Å². The van der Waals surface area contributed by atoms with Crippen LogP contribution in [-0.2, 0) is 24.3 Å². The van der Waals surface area contributed by atoms with E-state index in [0.717, 1.165) is 22.1 Å². The number of nitrogens with zero attached hydrogens (tertiary/aromatic N) is 1. The van der Waals surface area contributed by atoms with Crippen molar-refractivity contribution in [1.29, 1.82) is 0 Å².